The van der Waals surface area contributed by atoms with E-state index in [4.69, 9.17) is 4.74 Å². The molecule has 4 aromatic rings. The average Bonchev–Trinajstić information content (AvgIpc) is 3.20. The van der Waals surface area contributed by atoms with Gasteiger partial charge >= 0.3 is 5.97 Å². The molecule has 0 fully saturated rings. The van der Waals surface area contributed by atoms with Crippen LogP contribution in [0.3, 0.4) is 0 Å². The molecule has 1 unspecified atom stereocenters. The Bertz CT molecular complexity index is 1960. The monoisotopic (exact) mass is 629 g/mol. The minimum absolute atomic E-state index is 0.0430. The second-order valence-corrected chi connectivity index (χ2v) is 14.8. The fourth-order valence-electron chi connectivity index (χ4n) is 5.67. The van der Waals surface area contributed by atoms with Gasteiger partial charge in [0.25, 0.3) is 10.1 Å². The normalized spacial score (nSPS) is 15.4. The number of phenolic OH excluding ortho intramolecular Hbond substituents is 1. The number of fused-ring (bicyclic) bond motifs is 2. The Morgan fingerprint density at radius 1 is 0.889 bits per heavy atom. The molecule has 0 amide bonds. The van der Waals surface area contributed by atoms with Crippen molar-refractivity contribution >= 4 is 38.6 Å². The van der Waals surface area contributed by atoms with Gasteiger partial charge in [0.15, 0.2) is 17.3 Å². The minimum atomic E-state index is -4.76. The highest BCUT2D eigenvalue weighted by atomic mass is 32.2. The van der Waals surface area contributed by atoms with Crippen LogP contribution in [-0.2, 0) is 32.2 Å². The molecule has 0 spiro atoms. The maximum absolute atomic E-state index is 13.3. The molecule has 1 aliphatic carbocycles. The number of para-hydroxylation sites is 1. The first-order valence-electron chi connectivity index (χ1n) is 14.5. The Morgan fingerprint density at radius 2 is 1.51 bits per heavy atom. The maximum Gasteiger partial charge on any atom is 0.311 e. The molecular weight excluding hydrogens is 594 g/mol. The van der Waals surface area contributed by atoms with Crippen molar-refractivity contribution in [1.82, 2.24) is 4.98 Å². The van der Waals surface area contributed by atoms with Crippen LogP contribution < -0.4 is 4.74 Å². The fourth-order valence-corrected chi connectivity index (χ4v) is 6.39. The number of ketones is 2. The molecule has 0 saturated carbocycles. The van der Waals surface area contributed by atoms with Crippen LogP contribution in [0.25, 0.3) is 10.9 Å². The third kappa shape index (κ3) is 6.12. The highest BCUT2D eigenvalue weighted by Crippen LogP contribution is 2.41. The summed E-state index contributed by atoms with van der Waals surface area (Å²) in [7, 11) is -4.76. The smallest absolute Gasteiger partial charge is 0.311 e. The average molecular weight is 630 g/mol. The van der Waals surface area contributed by atoms with Crippen LogP contribution in [0.2, 0.25) is 0 Å². The van der Waals surface area contributed by atoms with Crippen molar-refractivity contribution in [3.63, 3.8) is 0 Å². The first-order chi connectivity index (χ1) is 20.9. The lowest BCUT2D eigenvalue weighted by atomic mass is 9.78. The molecule has 5 rings (SSSR count). The molecule has 0 aliphatic heterocycles. The molecule has 10 heteroatoms. The van der Waals surface area contributed by atoms with Crippen molar-refractivity contribution in [2.24, 2.45) is 0 Å². The quantitative estimate of drug-likeness (QED) is 0.106. The van der Waals surface area contributed by atoms with Crippen LogP contribution in [0.5, 0.6) is 11.5 Å². The van der Waals surface area contributed by atoms with Gasteiger partial charge in [-0.15, -0.1) is 0 Å². The Labute approximate surface area is 262 Å². The van der Waals surface area contributed by atoms with Gasteiger partial charge < -0.3 is 9.84 Å². The summed E-state index contributed by atoms with van der Waals surface area (Å²) in [5.41, 5.74) is 1.69. The molecular formula is C35H35NO8S. The molecule has 0 saturated heterocycles. The fraction of sp³-hybridized carbons (Fsp3) is 0.314. The first-order valence-corrected chi connectivity index (χ1v) is 16.0. The van der Waals surface area contributed by atoms with E-state index in [9.17, 15) is 32.5 Å². The number of hydrogen-bond donors (Lipinski definition) is 2. The first kappa shape index (κ1) is 32.0. The number of rotatable bonds is 6. The topological polar surface area (TPSA) is 148 Å². The standard InChI is InChI=1S/C35H35NO8S/c1-34(2,3)22-17-19(18-23(32(22)39)35(4,5)6)13-16-27(37)44-25-11-7-9-20-14-15-24(36-30(20)25)29-31(38)21-10-8-12-26(45(41,42)43)28(21)33(29)40/h7-12,14-15,17-18,29,39H,13,16H2,1-6H3,(H,41,42,43). The number of nitrogens with zero attached hydrogens (tertiary/aromatic N) is 1. The predicted octanol–water partition coefficient (Wildman–Crippen LogP) is 6.48. The van der Waals surface area contributed by atoms with Gasteiger partial charge in [0, 0.05) is 17.4 Å². The van der Waals surface area contributed by atoms with Crippen LogP contribution in [-0.4, -0.2) is 40.6 Å². The molecule has 0 radical (unpaired) electrons. The number of ether oxygens (including phenoxy) is 1. The Morgan fingerprint density at radius 3 is 2.11 bits per heavy atom. The highest BCUT2D eigenvalue weighted by Gasteiger charge is 2.43. The minimum Gasteiger partial charge on any atom is -0.507 e. The summed E-state index contributed by atoms with van der Waals surface area (Å²) < 4.78 is 39.2. The second kappa shape index (κ2) is 11.2. The second-order valence-electron chi connectivity index (χ2n) is 13.4. The Hall–Kier alpha value is -4.41. The van der Waals surface area contributed by atoms with Gasteiger partial charge in [-0.25, -0.2) is 4.98 Å². The largest absolute Gasteiger partial charge is 0.507 e. The number of Topliss-reactive ketones (excluding diaryl/α,β-unsaturated/α-hetero) is 2. The third-order valence-electron chi connectivity index (χ3n) is 7.97. The van der Waals surface area contributed by atoms with Crippen molar-refractivity contribution in [2.75, 3.05) is 0 Å². The molecule has 3 aromatic carbocycles. The van der Waals surface area contributed by atoms with Gasteiger partial charge in [0.05, 0.1) is 11.3 Å². The van der Waals surface area contributed by atoms with Crippen LogP contribution in [0.15, 0.2) is 65.6 Å². The number of aromatic nitrogens is 1. The molecule has 1 aliphatic rings. The molecule has 1 atom stereocenters. The van der Waals surface area contributed by atoms with Crippen LogP contribution in [0.1, 0.15) is 97.0 Å². The number of phenols is 1. The van der Waals surface area contributed by atoms with Crippen molar-refractivity contribution in [1.29, 1.82) is 0 Å². The molecule has 9 nitrogen and oxygen atoms in total. The maximum atomic E-state index is 13.3. The van der Waals surface area contributed by atoms with Crippen molar-refractivity contribution in [3.8, 4) is 11.5 Å². The van der Waals surface area contributed by atoms with E-state index >= 15 is 0 Å². The van der Waals surface area contributed by atoms with E-state index in [2.05, 4.69) is 4.98 Å². The Kier molecular flexibility index (Phi) is 7.96. The lowest BCUT2D eigenvalue weighted by Crippen LogP contribution is -2.18. The van der Waals surface area contributed by atoms with E-state index in [1.54, 1.807) is 24.3 Å². The number of esters is 1. The summed E-state index contributed by atoms with van der Waals surface area (Å²) in [6.07, 6.45) is 0.412. The van der Waals surface area contributed by atoms with Gasteiger partial charge in [-0.05, 0) is 52.1 Å². The number of hydrogen-bond acceptors (Lipinski definition) is 8. The summed E-state index contributed by atoms with van der Waals surface area (Å²) in [5.74, 6) is -2.96. The molecule has 1 aromatic heterocycles. The van der Waals surface area contributed by atoms with Crippen LogP contribution in [0.4, 0.5) is 0 Å². The van der Waals surface area contributed by atoms with E-state index in [1.807, 2.05) is 53.7 Å². The van der Waals surface area contributed by atoms with Crippen molar-refractivity contribution in [3.05, 3.63) is 94.2 Å². The van der Waals surface area contributed by atoms with Crippen molar-refractivity contribution < 1.29 is 37.2 Å². The van der Waals surface area contributed by atoms with Crippen molar-refractivity contribution in [2.45, 2.75) is 76.0 Å². The SMILES string of the molecule is CC(C)(C)c1cc(CCC(=O)Oc2cccc3ccc(C4C(=O)c5cccc(S(=O)(=O)O)c5C4=O)nc23)cc(C(C)(C)C)c1O. The van der Waals surface area contributed by atoms with Gasteiger partial charge in [0.1, 0.15) is 22.1 Å². The summed E-state index contributed by atoms with van der Waals surface area (Å²) in [5, 5.41) is 11.6. The highest BCUT2D eigenvalue weighted by molar-refractivity contribution is 7.86. The summed E-state index contributed by atoms with van der Waals surface area (Å²) >= 11 is 0. The predicted molar refractivity (Wildman–Crippen MR) is 169 cm³/mol. The Balaban J connectivity index is 1.42. The van der Waals surface area contributed by atoms with E-state index in [0.717, 1.165) is 22.8 Å². The van der Waals surface area contributed by atoms with Gasteiger partial charge in [-0.2, -0.15) is 8.42 Å². The van der Waals surface area contributed by atoms with E-state index < -0.39 is 38.5 Å². The van der Waals surface area contributed by atoms with Gasteiger partial charge in [0.2, 0.25) is 0 Å². The summed E-state index contributed by atoms with van der Waals surface area (Å²) in [4.78, 5) is 43.6. The number of aromatic hydroxyl groups is 1. The lowest BCUT2D eigenvalue weighted by Gasteiger charge is -2.28. The van der Waals surface area contributed by atoms with Crippen LogP contribution in [0, 0.1) is 0 Å². The zero-order valence-electron chi connectivity index (χ0n) is 26.0. The molecule has 2 N–H and O–H groups in total. The zero-order valence-corrected chi connectivity index (χ0v) is 26.8. The van der Waals surface area contributed by atoms with Crippen LogP contribution >= 0.6 is 0 Å². The van der Waals surface area contributed by atoms with E-state index in [0.29, 0.717) is 11.8 Å². The zero-order chi connectivity index (χ0) is 33.1. The number of pyridine rings is 1. The third-order valence-corrected chi connectivity index (χ3v) is 8.86. The molecule has 0 bridgehead atoms. The number of benzene rings is 3. The van der Waals surface area contributed by atoms with Gasteiger partial charge in [-0.1, -0.05) is 84.0 Å². The summed E-state index contributed by atoms with van der Waals surface area (Å²) in [6, 6.07) is 15.7. The number of aryl methyl sites for hydroxylation is 1. The lowest BCUT2D eigenvalue weighted by molar-refractivity contribution is -0.134. The molecule has 234 valence electrons. The van der Waals surface area contributed by atoms with Gasteiger partial charge in [-0.3, -0.25) is 18.9 Å². The van der Waals surface area contributed by atoms with E-state index in [-0.39, 0.29) is 51.1 Å². The summed E-state index contributed by atoms with van der Waals surface area (Å²) in [6.45, 7) is 12.1. The number of carbonyl (C=O) groups excluding carboxylic acids is 3. The molecule has 45 heavy (non-hydrogen) atoms. The number of carbonyl (C=O) groups is 3. The molecule has 1 heterocycles. The van der Waals surface area contributed by atoms with E-state index in [1.165, 1.54) is 18.2 Å².